The Kier molecular flexibility index (Phi) is 7.84. The predicted molar refractivity (Wildman–Crippen MR) is 130 cm³/mol. The molecular weight excluding hydrogens is 470 g/mol. The number of aromatic nitrogens is 1. The van der Waals surface area contributed by atoms with E-state index in [0.717, 1.165) is 5.56 Å². The first kappa shape index (κ1) is 24.1. The van der Waals surface area contributed by atoms with Crippen LogP contribution in [0.2, 0.25) is 0 Å². The number of pyridine rings is 1. The van der Waals surface area contributed by atoms with E-state index in [1.807, 2.05) is 12.1 Å². The third-order valence-electron chi connectivity index (χ3n) is 5.09. The van der Waals surface area contributed by atoms with Crippen LogP contribution in [-0.2, 0) is 16.0 Å². The first-order valence-electron chi connectivity index (χ1n) is 10.8. The fourth-order valence-corrected chi connectivity index (χ4v) is 4.12. The van der Waals surface area contributed by atoms with Crippen LogP contribution in [0, 0.1) is 0 Å². The lowest BCUT2D eigenvalue weighted by atomic mass is 10.1. The van der Waals surface area contributed by atoms with Crippen LogP contribution in [0.5, 0.6) is 11.5 Å². The van der Waals surface area contributed by atoms with Gasteiger partial charge in [-0.25, -0.2) is 9.78 Å². The highest BCUT2D eigenvalue weighted by Gasteiger charge is 2.16. The number of benzene rings is 2. The Hall–Kier alpha value is -4.05. The summed E-state index contributed by atoms with van der Waals surface area (Å²) in [5.74, 6) is 0.400. The van der Waals surface area contributed by atoms with E-state index in [1.54, 1.807) is 48.7 Å². The molecule has 0 saturated heterocycles. The second kappa shape index (κ2) is 11.4. The highest BCUT2D eigenvalue weighted by atomic mass is 32.2. The fourth-order valence-electron chi connectivity index (χ4n) is 3.32. The molecule has 0 saturated carbocycles. The second-order valence-electron chi connectivity index (χ2n) is 7.46. The van der Waals surface area contributed by atoms with Gasteiger partial charge in [0.05, 0.1) is 24.0 Å². The van der Waals surface area contributed by atoms with Crippen molar-refractivity contribution in [3.63, 3.8) is 0 Å². The summed E-state index contributed by atoms with van der Waals surface area (Å²) >= 11 is 1.18. The minimum atomic E-state index is -0.393. The van der Waals surface area contributed by atoms with Gasteiger partial charge in [-0.1, -0.05) is 23.9 Å². The van der Waals surface area contributed by atoms with Gasteiger partial charge in [-0.3, -0.25) is 9.59 Å². The number of ether oxygens (including phenoxy) is 3. The Morgan fingerprint density at radius 1 is 1.06 bits per heavy atom. The van der Waals surface area contributed by atoms with Gasteiger partial charge in [-0.2, -0.15) is 0 Å². The SMILES string of the molecule is COC(=O)c1ccc(CCNC(=O)c2cccnc2SCC(=O)Nc2ccc3c(c2)OCO3)cc1. The third kappa shape index (κ3) is 6.30. The van der Waals surface area contributed by atoms with Gasteiger partial charge >= 0.3 is 5.97 Å². The number of hydrogen-bond acceptors (Lipinski definition) is 8. The zero-order valence-corrected chi connectivity index (χ0v) is 19.7. The van der Waals surface area contributed by atoms with Gasteiger partial charge in [0.15, 0.2) is 11.5 Å². The van der Waals surface area contributed by atoms with E-state index in [-0.39, 0.29) is 24.4 Å². The van der Waals surface area contributed by atoms with Crippen molar-refractivity contribution in [2.45, 2.75) is 11.4 Å². The van der Waals surface area contributed by atoms with Crippen molar-refractivity contribution in [1.29, 1.82) is 0 Å². The van der Waals surface area contributed by atoms with E-state index >= 15 is 0 Å². The smallest absolute Gasteiger partial charge is 0.337 e. The van der Waals surface area contributed by atoms with Crippen LogP contribution in [0.1, 0.15) is 26.3 Å². The van der Waals surface area contributed by atoms with Gasteiger partial charge in [0, 0.05) is 24.5 Å². The first-order valence-corrected chi connectivity index (χ1v) is 11.7. The molecule has 0 radical (unpaired) electrons. The second-order valence-corrected chi connectivity index (χ2v) is 8.42. The van der Waals surface area contributed by atoms with Gasteiger partial charge in [0.1, 0.15) is 5.03 Å². The van der Waals surface area contributed by atoms with Crippen LogP contribution < -0.4 is 20.1 Å². The minimum absolute atomic E-state index is 0.0816. The van der Waals surface area contributed by atoms with Crippen molar-refractivity contribution in [3.05, 3.63) is 77.5 Å². The van der Waals surface area contributed by atoms with Gasteiger partial charge in [0.2, 0.25) is 12.7 Å². The Labute approximate surface area is 206 Å². The van der Waals surface area contributed by atoms with Crippen molar-refractivity contribution < 1.29 is 28.6 Å². The van der Waals surface area contributed by atoms with Crippen molar-refractivity contribution >= 4 is 35.2 Å². The molecule has 2 amide bonds. The van der Waals surface area contributed by atoms with E-state index in [2.05, 4.69) is 15.6 Å². The number of thioether (sulfide) groups is 1. The summed E-state index contributed by atoms with van der Waals surface area (Å²) < 4.78 is 15.3. The number of hydrogen-bond donors (Lipinski definition) is 2. The number of nitrogens with zero attached hydrogens (tertiary/aromatic N) is 1. The molecule has 0 bridgehead atoms. The van der Waals surface area contributed by atoms with Gasteiger partial charge in [-0.05, 0) is 48.4 Å². The number of fused-ring (bicyclic) bond motifs is 1. The molecule has 0 spiro atoms. The molecule has 0 fully saturated rings. The monoisotopic (exact) mass is 493 g/mol. The van der Waals surface area contributed by atoms with Crippen LogP contribution in [-0.4, -0.2) is 49.0 Å². The molecule has 3 aromatic rings. The van der Waals surface area contributed by atoms with Crippen molar-refractivity contribution in [2.24, 2.45) is 0 Å². The normalized spacial score (nSPS) is 11.6. The third-order valence-corrected chi connectivity index (χ3v) is 6.09. The maximum absolute atomic E-state index is 12.7. The molecule has 4 rings (SSSR count). The minimum Gasteiger partial charge on any atom is -0.465 e. The molecule has 0 aliphatic carbocycles. The highest BCUT2D eigenvalue weighted by molar-refractivity contribution is 8.00. The summed E-state index contributed by atoms with van der Waals surface area (Å²) in [7, 11) is 1.34. The molecule has 2 aromatic carbocycles. The maximum atomic E-state index is 12.7. The molecule has 2 heterocycles. The number of methoxy groups -OCH3 is 1. The summed E-state index contributed by atoms with van der Waals surface area (Å²) in [6.45, 7) is 0.564. The molecule has 10 heteroatoms. The van der Waals surface area contributed by atoms with Crippen LogP contribution in [0.4, 0.5) is 5.69 Å². The van der Waals surface area contributed by atoms with E-state index in [1.165, 1.54) is 18.9 Å². The number of amides is 2. The molecule has 2 N–H and O–H groups in total. The molecule has 0 atom stereocenters. The average molecular weight is 494 g/mol. The molecular formula is C25H23N3O6S. The maximum Gasteiger partial charge on any atom is 0.337 e. The van der Waals surface area contributed by atoms with Crippen LogP contribution in [0.25, 0.3) is 0 Å². The molecule has 1 aliphatic heterocycles. The Morgan fingerprint density at radius 3 is 2.66 bits per heavy atom. The number of esters is 1. The van der Waals surface area contributed by atoms with E-state index in [9.17, 15) is 14.4 Å². The van der Waals surface area contributed by atoms with Gasteiger partial charge < -0.3 is 24.8 Å². The summed E-state index contributed by atoms with van der Waals surface area (Å²) in [6, 6.07) is 15.5. The Morgan fingerprint density at radius 2 is 1.86 bits per heavy atom. The standard InChI is InChI=1S/C25H23N3O6S/c1-32-25(31)17-6-4-16(5-7-17)10-12-26-23(30)19-3-2-11-27-24(19)35-14-22(29)28-18-8-9-20-21(13-18)34-15-33-20/h2-9,11,13H,10,12,14-15H2,1H3,(H,26,30)(H,28,29). The zero-order valence-electron chi connectivity index (χ0n) is 18.9. The Balaban J connectivity index is 1.28. The number of carbonyl (C=O) groups excluding carboxylic acids is 3. The van der Waals surface area contributed by atoms with Crippen LogP contribution in [0.3, 0.4) is 0 Å². The lowest BCUT2D eigenvalue weighted by Gasteiger charge is -2.10. The number of nitrogens with one attached hydrogen (secondary N) is 2. The van der Waals surface area contributed by atoms with E-state index < -0.39 is 5.97 Å². The van der Waals surface area contributed by atoms with Crippen molar-refractivity contribution in [3.8, 4) is 11.5 Å². The van der Waals surface area contributed by atoms with E-state index in [4.69, 9.17) is 14.2 Å². The molecule has 180 valence electrons. The molecule has 0 unspecified atom stereocenters. The summed E-state index contributed by atoms with van der Waals surface area (Å²) in [6.07, 6.45) is 2.17. The van der Waals surface area contributed by atoms with Crippen molar-refractivity contribution in [2.75, 3.05) is 31.5 Å². The van der Waals surface area contributed by atoms with Crippen LogP contribution in [0.15, 0.2) is 65.8 Å². The molecule has 35 heavy (non-hydrogen) atoms. The molecule has 1 aromatic heterocycles. The predicted octanol–water partition coefficient (Wildman–Crippen LogP) is 3.30. The zero-order chi connectivity index (χ0) is 24.6. The Bertz CT molecular complexity index is 1230. The largest absolute Gasteiger partial charge is 0.465 e. The number of rotatable bonds is 9. The first-order chi connectivity index (χ1) is 17.0. The lowest BCUT2D eigenvalue weighted by Crippen LogP contribution is -2.26. The number of carbonyl (C=O) groups is 3. The topological polar surface area (TPSA) is 116 Å². The fraction of sp³-hybridized carbons (Fsp3) is 0.200. The number of anilines is 1. The highest BCUT2D eigenvalue weighted by Crippen LogP contribution is 2.34. The summed E-state index contributed by atoms with van der Waals surface area (Å²) in [4.78, 5) is 40.9. The van der Waals surface area contributed by atoms with Crippen molar-refractivity contribution in [1.82, 2.24) is 10.3 Å². The lowest BCUT2D eigenvalue weighted by molar-refractivity contribution is -0.113. The average Bonchev–Trinajstić information content (AvgIpc) is 3.35. The van der Waals surface area contributed by atoms with E-state index in [0.29, 0.717) is 46.3 Å². The summed E-state index contributed by atoms with van der Waals surface area (Å²) in [5.41, 5.74) is 2.44. The molecule has 1 aliphatic rings. The summed E-state index contributed by atoms with van der Waals surface area (Å²) in [5, 5.41) is 6.15. The molecule has 9 nitrogen and oxygen atoms in total. The van der Waals surface area contributed by atoms with Crippen LogP contribution >= 0.6 is 11.8 Å². The quantitative estimate of drug-likeness (QED) is 0.345. The van der Waals surface area contributed by atoms with Gasteiger partial charge in [0.25, 0.3) is 5.91 Å². The van der Waals surface area contributed by atoms with Gasteiger partial charge in [-0.15, -0.1) is 0 Å².